The summed E-state index contributed by atoms with van der Waals surface area (Å²) in [6.07, 6.45) is 1.20. The zero-order valence-electron chi connectivity index (χ0n) is 9.42. The van der Waals surface area contributed by atoms with Gasteiger partial charge in [0, 0.05) is 14.1 Å². The Labute approximate surface area is 86.2 Å². The lowest BCUT2D eigenvalue weighted by molar-refractivity contribution is -0.129. The Morgan fingerprint density at radius 1 is 1.36 bits per heavy atom. The van der Waals surface area contributed by atoms with E-state index in [-0.39, 0.29) is 5.91 Å². The fraction of sp³-hybridized carbons (Fsp3) is 0.900. The van der Waals surface area contributed by atoms with E-state index in [0.717, 1.165) is 25.6 Å². The quantitative estimate of drug-likeness (QED) is 0.655. The molecule has 0 unspecified atom stereocenters. The van der Waals surface area contributed by atoms with Crippen LogP contribution in [0.4, 0.5) is 0 Å². The van der Waals surface area contributed by atoms with Crippen LogP contribution in [-0.2, 0) is 4.79 Å². The van der Waals surface area contributed by atoms with Crippen molar-refractivity contribution in [2.75, 3.05) is 47.3 Å². The zero-order chi connectivity index (χ0) is 10.6. The topological polar surface area (TPSA) is 35.6 Å². The van der Waals surface area contributed by atoms with E-state index in [0.29, 0.717) is 6.54 Å². The van der Waals surface area contributed by atoms with Crippen LogP contribution in [0.5, 0.6) is 0 Å². The van der Waals surface area contributed by atoms with Crippen LogP contribution in [0.15, 0.2) is 0 Å². The number of likely N-dealkylation sites (N-methyl/N-ethyl adjacent to an activating group) is 2. The van der Waals surface area contributed by atoms with Crippen LogP contribution in [0.3, 0.4) is 0 Å². The minimum Gasteiger partial charge on any atom is -0.348 e. The van der Waals surface area contributed by atoms with E-state index in [1.807, 2.05) is 7.05 Å². The van der Waals surface area contributed by atoms with Crippen LogP contribution in [0.2, 0.25) is 0 Å². The standard InChI is InChI=1S/C10H21N3O/c1-12(2)10(14)8-13(3)5-4-9-6-11-7-9/h9,11H,4-8H2,1-3H3. The van der Waals surface area contributed by atoms with Gasteiger partial charge >= 0.3 is 0 Å². The van der Waals surface area contributed by atoms with Crippen molar-refractivity contribution in [1.29, 1.82) is 0 Å². The van der Waals surface area contributed by atoms with Gasteiger partial charge in [0.05, 0.1) is 6.54 Å². The number of carbonyl (C=O) groups is 1. The molecule has 0 radical (unpaired) electrons. The minimum atomic E-state index is 0.180. The highest BCUT2D eigenvalue weighted by Crippen LogP contribution is 2.08. The lowest BCUT2D eigenvalue weighted by Crippen LogP contribution is -2.44. The molecule has 0 bridgehead atoms. The zero-order valence-corrected chi connectivity index (χ0v) is 9.42. The van der Waals surface area contributed by atoms with Crippen molar-refractivity contribution in [3.8, 4) is 0 Å². The maximum Gasteiger partial charge on any atom is 0.236 e. The highest BCUT2D eigenvalue weighted by molar-refractivity contribution is 5.77. The molecule has 0 aromatic rings. The molecular formula is C10H21N3O. The van der Waals surface area contributed by atoms with E-state index in [4.69, 9.17) is 0 Å². The van der Waals surface area contributed by atoms with Gasteiger partial charge in [-0.05, 0) is 39.0 Å². The Morgan fingerprint density at radius 3 is 2.43 bits per heavy atom. The first-order chi connectivity index (χ1) is 6.59. The first kappa shape index (κ1) is 11.5. The van der Waals surface area contributed by atoms with E-state index in [1.165, 1.54) is 6.42 Å². The molecule has 1 N–H and O–H groups in total. The van der Waals surface area contributed by atoms with Crippen LogP contribution >= 0.6 is 0 Å². The molecule has 0 saturated carbocycles. The van der Waals surface area contributed by atoms with Gasteiger partial charge in [-0.25, -0.2) is 0 Å². The van der Waals surface area contributed by atoms with Crippen LogP contribution in [0.1, 0.15) is 6.42 Å². The molecule has 4 heteroatoms. The van der Waals surface area contributed by atoms with E-state index in [9.17, 15) is 4.79 Å². The van der Waals surface area contributed by atoms with E-state index in [2.05, 4.69) is 10.2 Å². The molecule has 1 fully saturated rings. The summed E-state index contributed by atoms with van der Waals surface area (Å²) in [7, 11) is 5.60. The Hall–Kier alpha value is -0.610. The summed E-state index contributed by atoms with van der Waals surface area (Å²) < 4.78 is 0. The van der Waals surface area contributed by atoms with E-state index < -0.39 is 0 Å². The molecule has 14 heavy (non-hydrogen) atoms. The van der Waals surface area contributed by atoms with Crippen molar-refractivity contribution in [2.24, 2.45) is 5.92 Å². The van der Waals surface area contributed by atoms with Crippen LogP contribution < -0.4 is 5.32 Å². The lowest BCUT2D eigenvalue weighted by atomic mass is 9.99. The summed E-state index contributed by atoms with van der Waals surface area (Å²) in [4.78, 5) is 15.1. The lowest BCUT2D eigenvalue weighted by Gasteiger charge is -2.29. The van der Waals surface area contributed by atoms with Crippen molar-refractivity contribution in [3.63, 3.8) is 0 Å². The third kappa shape index (κ3) is 3.64. The Kier molecular flexibility index (Phi) is 4.35. The number of nitrogens with one attached hydrogen (secondary N) is 1. The van der Waals surface area contributed by atoms with Gasteiger partial charge in [0.2, 0.25) is 5.91 Å². The van der Waals surface area contributed by atoms with Crippen molar-refractivity contribution in [3.05, 3.63) is 0 Å². The van der Waals surface area contributed by atoms with Gasteiger partial charge in [-0.2, -0.15) is 0 Å². The SMILES string of the molecule is CN(CCC1CNC1)CC(=O)N(C)C. The largest absolute Gasteiger partial charge is 0.348 e. The molecule has 0 aromatic carbocycles. The smallest absolute Gasteiger partial charge is 0.236 e. The van der Waals surface area contributed by atoms with E-state index in [1.54, 1.807) is 19.0 Å². The van der Waals surface area contributed by atoms with Gasteiger partial charge in [-0.1, -0.05) is 0 Å². The third-order valence-electron chi connectivity index (χ3n) is 2.69. The normalized spacial score (nSPS) is 16.9. The number of hydrogen-bond acceptors (Lipinski definition) is 3. The number of rotatable bonds is 5. The molecule has 0 aliphatic carbocycles. The van der Waals surface area contributed by atoms with Gasteiger partial charge < -0.3 is 10.2 Å². The summed E-state index contributed by atoms with van der Waals surface area (Å²) >= 11 is 0. The van der Waals surface area contributed by atoms with Crippen LogP contribution in [-0.4, -0.2) is 63.0 Å². The molecule has 1 saturated heterocycles. The first-order valence-electron chi connectivity index (χ1n) is 5.19. The number of amides is 1. The molecule has 1 amide bonds. The second kappa shape index (κ2) is 5.32. The highest BCUT2D eigenvalue weighted by atomic mass is 16.2. The average Bonchev–Trinajstić information content (AvgIpc) is 2.00. The second-order valence-corrected chi connectivity index (χ2v) is 4.34. The molecule has 0 spiro atoms. The van der Waals surface area contributed by atoms with Gasteiger partial charge in [0.25, 0.3) is 0 Å². The predicted molar refractivity (Wildman–Crippen MR) is 57.2 cm³/mol. The predicted octanol–water partition coefficient (Wildman–Crippen LogP) is -0.384. The summed E-state index contributed by atoms with van der Waals surface area (Å²) in [6, 6.07) is 0. The number of carbonyl (C=O) groups excluding carboxylic acids is 1. The maximum absolute atomic E-state index is 11.4. The summed E-state index contributed by atoms with van der Waals surface area (Å²) in [5.74, 6) is 1.01. The number of hydrogen-bond donors (Lipinski definition) is 1. The Bertz CT molecular complexity index is 190. The highest BCUT2D eigenvalue weighted by Gasteiger charge is 2.17. The van der Waals surface area contributed by atoms with Crippen molar-refractivity contribution in [2.45, 2.75) is 6.42 Å². The number of nitrogens with zero attached hydrogens (tertiary/aromatic N) is 2. The molecule has 4 nitrogen and oxygen atoms in total. The molecule has 1 rings (SSSR count). The van der Waals surface area contributed by atoms with Gasteiger partial charge in [-0.3, -0.25) is 9.69 Å². The van der Waals surface area contributed by atoms with E-state index >= 15 is 0 Å². The van der Waals surface area contributed by atoms with Crippen molar-refractivity contribution in [1.82, 2.24) is 15.1 Å². The molecule has 1 heterocycles. The van der Waals surface area contributed by atoms with Crippen LogP contribution in [0, 0.1) is 5.92 Å². The van der Waals surface area contributed by atoms with Gasteiger partial charge in [0.1, 0.15) is 0 Å². The molecule has 0 atom stereocenters. The minimum absolute atomic E-state index is 0.180. The molecule has 1 aliphatic heterocycles. The monoisotopic (exact) mass is 199 g/mol. The Balaban J connectivity index is 2.08. The summed E-state index contributed by atoms with van der Waals surface area (Å²) in [6.45, 7) is 3.85. The second-order valence-electron chi connectivity index (χ2n) is 4.34. The van der Waals surface area contributed by atoms with Crippen molar-refractivity contribution >= 4 is 5.91 Å². The molecule has 0 aromatic heterocycles. The van der Waals surface area contributed by atoms with Gasteiger partial charge in [-0.15, -0.1) is 0 Å². The fourth-order valence-corrected chi connectivity index (χ4v) is 1.41. The van der Waals surface area contributed by atoms with Crippen molar-refractivity contribution < 1.29 is 4.79 Å². The third-order valence-corrected chi connectivity index (χ3v) is 2.69. The van der Waals surface area contributed by atoms with Gasteiger partial charge in [0.15, 0.2) is 0 Å². The molecular weight excluding hydrogens is 178 g/mol. The van der Waals surface area contributed by atoms with Crippen LogP contribution in [0.25, 0.3) is 0 Å². The maximum atomic E-state index is 11.4. The fourth-order valence-electron chi connectivity index (χ4n) is 1.41. The summed E-state index contributed by atoms with van der Waals surface area (Å²) in [5.41, 5.74) is 0. The molecule has 1 aliphatic rings. The molecule has 82 valence electrons. The average molecular weight is 199 g/mol. The first-order valence-corrected chi connectivity index (χ1v) is 5.19. The Morgan fingerprint density at radius 2 is 2.00 bits per heavy atom. The summed E-state index contributed by atoms with van der Waals surface area (Å²) in [5, 5.41) is 3.25.